The minimum atomic E-state index is 0.146. The SMILES string of the molecule is CC(c1nc2ccccc2o1)N1CCN(c2nc3ccccc3o2)CC1. The van der Waals surface area contributed by atoms with Crippen molar-refractivity contribution in [3.05, 3.63) is 54.4 Å². The topological polar surface area (TPSA) is 58.5 Å². The Morgan fingerprint density at radius 2 is 1.42 bits per heavy atom. The average molecular weight is 348 g/mol. The second-order valence-electron chi connectivity index (χ2n) is 6.68. The van der Waals surface area contributed by atoms with E-state index in [4.69, 9.17) is 8.83 Å². The fourth-order valence-corrected chi connectivity index (χ4v) is 3.52. The fourth-order valence-electron chi connectivity index (χ4n) is 3.52. The third kappa shape index (κ3) is 2.63. The molecule has 6 nitrogen and oxygen atoms in total. The molecule has 1 unspecified atom stereocenters. The van der Waals surface area contributed by atoms with E-state index in [1.165, 1.54) is 0 Å². The zero-order valence-corrected chi connectivity index (χ0v) is 14.6. The van der Waals surface area contributed by atoms with Gasteiger partial charge in [-0.3, -0.25) is 4.90 Å². The first-order valence-electron chi connectivity index (χ1n) is 8.98. The third-order valence-corrected chi connectivity index (χ3v) is 5.08. The molecule has 0 aliphatic carbocycles. The molecule has 1 saturated heterocycles. The van der Waals surface area contributed by atoms with Gasteiger partial charge in [0.25, 0.3) is 6.01 Å². The normalized spacial score (nSPS) is 17.2. The van der Waals surface area contributed by atoms with Gasteiger partial charge in [0.2, 0.25) is 5.89 Å². The second kappa shape index (κ2) is 6.14. The lowest BCUT2D eigenvalue weighted by Crippen LogP contribution is -2.47. The highest BCUT2D eigenvalue weighted by Gasteiger charge is 2.27. The molecule has 5 rings (SSSR count). The summed E-state index contributed by atoms with van der Waals surface area (Å²) in [6.45, 7) is 5.73. The quantitative estimate of drug-likeness (QED) is 0.560. The maximum Gasteiger partial charge on any atom is 0.298 e. The summed E-state index contributed by atoms with van der Waals surface area (Å²) in [4.78, 5) is 13.8. The van der Waals surface area contributed by atoms with Crippen LogP contribution >= 0.6 is 0 Å². The van der Waals surface area contributed by atoms with Crippen molar-refractivity contribution in [1.82, 2.24) is 14.9 Å². The molecular weight excluding hydrogens is 328 g/mol. The van der Waals surface area contributed by atoms with Crippen LogP contribution in [0.5, 0.6) is 0 Å². The minimum absolute atomic E-state index is 0.146. The summed E-state index contributed by atoms with van der Waals surface area (Å²) in [5.41, 5.74) is 3.51. The number of piperazine rings is 1. The summed E-state index contributed by atoms with van der Waals surface area (Å²) in [6.07, 6.45) is 0. The van der Waals surface area contributed by atoms with Gasteiger partial charge in [-0.05, 0) is 31.2 Å². The molecule has 2 aromatic heterocycles. The predicted octanol–water partition coefficient (Wildman–Crippen LogP) is 3.85. The number of aromatic nitrogens is 2. The van der Waals surface area contributed by atoms with Crippen LogP contribution in [0.2, 0.25) is 0 Å². The number of nitrogens with zero attached hydrogens (tertiary/aromatic N) is 4. The van der Waals surface area contributed by atoms with Crippen LogP contribution in [0.25, 0.3) is 22.2 Å². The zero-order valence-electron chi connectivity index (χ0n) is 14.6. The van der Waals surface area contributed by atoms with Gasteiger partial charge in [0.15, 0.2) is 11.2 Å². The molecule has 1 fully saturated rings. The highest BCUT2D eigenvalue weighted by Crippen LogP contribution is 2.27. The van der Waals surface area contributed by atoms with Crippen molar-refractivity contribution in [2.45, 2.75) is 13.0 Å². The van der Waals surface area contributed by atoms with Crippen LogP contribution < -0.4 is 4.90 Å². The van der Waals surface area contributed by atoms with Crippen molar-refractivity contribution in [2.75, 3.05) is 31.1 Å². The number of hydrogen-bond acceptors (Lipinski definition) is 6. The van der Waals surface area contributed by atoms with Gasteiger partial charge in [-0.1, -0.05) is 24.3 Å². The molecule has 132 valence electrons. The number of hydrogen-bond donors (Lipinski definition) is 0. The van der Waals surface area contributed by atoms with Crippen LogP contribution in [-0.2, 0) is 0 Å². The zero-order chi connectivity index (χ0) is 17.5. The van der Waals surface area contributed by atoms with Crippen molar-refractivity contribution in [1.29, 1.82) is 0 Å². The Morgan fingerprint density at radius 1 is 0.808 bits per heavy atom. The molecule has 0 saturated carbocycles. The number of fused-ring (bicyclic) bond motifs is 2. The lowest BCUT2D eigenvalue weighted by Gasteiger charge is -2.36. The standard InChI is InChI=1S/C20H20N4O2/c1-14(19-21-15-6-2-4-8-17(15)25-19)23-10-12-24(13-11-23)20-22-16-7-3-5-9-18(16)26-20/h2-9,14H,10-13H2,1H3. The van der Waals surface area contributed by atoms with Crippen LogP contribution in [0.15, 0.2) is 57.4 Å². The fraction of sp³-hybridized carbons (Fsp3) is 0.300. The Balaban J connectivity index is 1.30. The first kappa shape index (κ1) is 15.4. The van der Waals surface area contributed by atoms with Crippen molar-refractivity contribution < 1.29 is 8.83 Å². The van der Waals surface area contributed by atoms with Crippen LogP contribution in [0.4, 0.5) is 6.01 Å². The van der Waals surface area contributed by atoms with E-state index in [0.717, 1.165) is 54.3 Å². The Kier molecular flexibility index (Phi) is 3.64. The number of anilines is 1. The molecule has 0 spiro atoms. The molecular formula is C20H20N4O2. The minimum Gasteiger partial charge on any atom is -0.439 e. The van der Waals surface area contributed by atoms with Gasteiger partial charge in [-0.2, -0.15) is 4.98 Å². The van der Waals surface area contributed by atoms with E-state index in [9.17, 15) is 0 Å². The largest absolute Gasteiger partial charge is 0.439 e. The van der Waals surface area contributed by atoms with E-state index in [1.807, 2.05) is 48.5 Å². The summed E-state index contributed by atoms with van der Waals surface area (Å²) in [7, 11) is 0. The van der Waals surface area contributed by atoms with Crippen LogP contribution in [-0.4, -0.2) is 41.0 Å². The molecule has 3 heterocycles. The summed E-state index contributed by atoms with van der Waals surface area (Å²) >= 11 is 0. The van der Waals surface area contributed by atoms with E-state index in [2.05, 4.69) is 26.7 Å². The second-order valence-corrected chi connectivity index (χ2v) is 6.68. The Morgan fingerprint density at radius 3 is 2.08 bits per heavy atom. The van der Waals surface area contributed by atoms with Gasteiger partial charge in [0.05, 0.1) is 6.04 Å². The molecule has 4 aromatic rings. The van der Waals surface area contributed by atoms with E-state index in [-0.39, 0.29) is 6.04 Å². The monoisotopic (exact) mass is 348 g/mol. The highest BCUT2D eigenvalue weighted by atomic mass is 16.4. The summed E-state index contributed by atoms with van der Waals surface area (Å²) in [5.74, 6) is 0.779. The molecule has 1 atom stereocenters. The smallest absolute Gasteiger partial charge is 0.298 e. The van der Waals surface area contributed by atoms with E-state index in [1.54, 1.807) is 0 Å². The van der Waals surface area contributed by atoms with Crippen LogP contribution in [0.1, 0.15) is 18.9 Å². The summed E-state index contributed by atoms with van der Waals surface area (Å²) in [5, 5.41) is 0. The molecule has 6 heteroatoms. The molecule has 0 radical (unpaired) electrons. The van der Waals surface area contributed by atoms with Crippen LogP contribution in [0, 0.1) is 0 Å². The van der Waals surface area contributed by atoms with Gasteiger partial charge in [-0.25, -0.2) is 4.98 Å². The lowest BCUT2D eigenvalue weighted by atomic mass is 10.2. The van der Waals surface area contributed by atoms with Gasteiger partial charge in [-0.15, -0.1) is 0 Å². The van der Waals surface area contributed by atoms with Crippen molar-refractivity contribution in [2.24, 2.45) is 0 Å². The Bertz CT molecular complexity index is 980. The Hall–Kier alpha value is -2.86. The number of para-hydroxylation sites is 4. The average Bonchev–Trinajstić information content (AvgIpc) is 3.31. The molecule has 0 bridgehead atoms. The van der Waals surface area contributed by atoms with Gasteiger partial charge in [0.1, 0.15) is 11.0 Å². The van der Waals surface area contributed by atoms with Gasteiger partial charge in [0, 0.05) is 26.2 Å². The van der Waals surface area contributed by atoms with Crippen molar-refractivity contribution in [3.63, 3.8) is 0 Å². The molecule has 26 heavy (non-hydrogen) atoms. The van der Waals surface area contributed by atoms with E-state index >= 15 is 0 Å². The molecule has 1 aliphatic heterocycles. The third-order valence-electron chi connectivity index (χ3n) is 5.08. The van der Waals surface area contributed by atoms with Crippen molar-refractivity contribution >= 4 is 28.2 Å². The maximum absolute atomic E-state index is 5.94. The van der Waals surface area contributed by atoms with E-state index in [0.29, 0.717) is 6.01 Å². The predicted molar refractivity (Wildman–Crippen MR) is 100 cm³/mol. The molecule has 0 N–H and O–H groups in total. The molecule has 0 amide bonds. The van der Waals surface area contributed by atoms with Crippen molar-refractivity contribution in [3.8, 4) is 0 Å². The first-order chi connectivity index (χ1) is 12.8. The summed E-state index contributed by atoms with van der Waals surface area (Å²) in [6, 6.07) is 16.6. The highest BCUT2D eigenvalue weighted by molar-refractivity contribution is 5.74. The molecule has 2 aromatic carbocycles. The van der Waals surface area contributed by atoms with Crippen LogP contribution in [0.3, 0.4) is 0 Å². The number of oxazole rings is 2. The first-order valence-corrected chi connectivity index (χ1v) is 8.98. The van der Waals surface area contributed by atoms with Gasteiger partial charge >= 0.3 is 0 Å². The lowest BCUT2D eigenvalue weighted by molar-refractivity contribution is 0.173. The summed E-state index contributed by atoms with van der Waals surface area (Å²) < 4.78 is 11.8. The van der Waals surface area contributed by atoms with Gasteiger partial charge < -0.3 is 13.7 Å². The Labute approximate surface area is 151 Å². The maximum atomic E-state index is 5.94. The van der Waals surface area contributed by atoms with E-state index < -0.39 is 0 Å². The number of rotatable bonds is 3. The molecule has 1 aliphatic rings. The number of benzene rings is 2.